The van der Waals surface area contributed by atoms with E-state index in [4.69, 9.17) is 0 Å². The molecule has 0 aromatic heterocycles. The van der Waals surface area contributed by atoms with Crippen LogP contribution in [0.5, 0.6) is 0 Å². The van der Waals surface area contributed by atoms with Gasteiger partial charge in [0, 0.05) is 12.6 Å². The fourth-order valence-corrected chi connectivity index (χ4v) is 4.48. The highest BCUT2D eigenvalue weighted by Crippen LogP contribution is 2.23. The summed E-state index contributed by atoms with van der Waals surface area (Å²) in [6, 6.07) is 5.54. The molecule has 4 nitrogen and oxygen atoms in total. The molecule has 1 aliphatic rings. The minimum absolute atomic E-state index is 0.0161. The molecule has 1 heterocycles. The van der Waals surface area contributed by atoms with Gasteiger partial charge in [0.1, 0.15) is 0 Å². The van der Waals surface area contributed by atoms with Crippen LogP contribution in [-0.4, -0.2) is 21.0 Å². The average Bonchev–Trinajstić information content (AvgIpc) is 2.43. The summed E-state index contributed by atoms with van der Waals surface area (Å²) in [6.07, 6.45) is 1.57. The number of benzene rings is 1. The topological polar surface area (TPSA) is 58.2 Å². The number of hydrogen-bond acceptors (Lipinski definition) is 3. The van der Waals surface area contributed by atoms with Gasteiger partial charge in [0.05, 0.1) is 4.90 Å². The van der Waals surface area contributed by atoms with Crippen molar-refractivity contribution in [3.05, 3.63) is 29.3 Å². The minimum atomic E-state index is -3.44. The highest BCUT2D eigenvalue weighted by molar-refractivity contribution is 7.89. The van der Waals surface area contributed by atoms with Gasteiger partial charge >= 0.3 is 0 Å². The fraction of sp³-hybridized carbons (Fsp3) is 0.600. The number of nitrogens with one attached hydrogen (secondary N) is 2. The summed E-state index contributed by atoms with van der Waals surface area (Å²) in [5.74, 6) is 0.288. The van der Waals surface area contributed by atoms with E-state index in [0.717, 1.165) is 37.1 Å². The highest BCUT2D eigenvalue weighted by atomic mass is 32.2. The molecule has 1 aromatic carbocycles. The number of sulfonamides is 1. The molecule has 1 aromatic rings. The van der Waals surface area contributed by atoms with Gasteiger partial charge in [0.2, 0.25) is 10.0 Å². The van der Waals surface area contributed by atoms with Crippen molar-refractivity contribution in [1.29, 1.82) is 0 Å². The third-order valence-corrected chi connectivity index (χ3v) is 5.51. The molecular weight excluding hydrogens is 272 g/mol. The minimum Gasteiger partial charge on any atom is -0.312 e. The Morgan fingerprint density at radius 1 is 1.35 bits per heavy atom. The summed E-state index contributed by atoms with van der Waals surface area (Å²) in [5.41, 5.74) is 2.06. The van der Waals surface area contributed by atoms with Gasteiger partial charge in [-0.1, -0.05) is 32.9 Å². The Balaban J connectivity index is 2.35. The Morgan fingerprint density at radius 2 is 2.10 bits per heavy atom. The smallest absolute Gasteiger partial charge is 0.241 e. The van der Waals surface area contributed by atoms with Gasteiger partial charge < -0.3 is 5.32 Å². The van der Waals surface area contributed by atoms with Crippen LogP contribution < -0.4 is 10.0 Å². The van der Waals surface area contributed by atoms with Crippen molar-refractivity contribution >= 4 is 10.0 Å². The SMILES string of the molecule is CCC(NS(=O)(=O)c1cccc2c1CCNC2)C(C)C. The predicted octanol–water partition coefficient (Wildman–Crippen LogP) is 2.05. The Kier molecular flexibility index (Phi) is 4.83. The molecule has 0 saturated heterocycles. The second kappa shape index (κ2) is 6.24. The zero-order chi connectivity index (χ0) is 14.8. The quantitative estimate of drug-likeness (QED) is 0.874. The third-order valence-electron chi connectivity index (χ3n) is 3.94. The molecule has 0 saturated carbocycles. The predicted molar refractivity (Wildman–Crippen MR) is 81.1 cm³/mol. The molecule has 0 spiro atoms. The molecule has 20 heavy (non-hydrogen) atoms. The normalized spacial score (nSPS) is 17.0. The first-order valence-corrected chi connectivity index (χ1v) is 8.78. The number of fused-ring (bicyclic) bond motifs is 1. The summed E-state index contributed by atoms with van der Waals surface area (Å²) in [7, 11) is -3.44. The lowest BCUT2D eigenvalue weighted by atomic mass is 10.0. The first kappa shape index (κ1) is 15.5. The van der Waals surface area contributed by atoms with E-state index >= 15 is 0 Å². The third kappa shape index (κ3) is 3.22. The lowest BCUT2D eigenvalue weighted by Gasteiger charge is -2.24. The maximum Gasteiger partial charge on any atom is 0.241 e. The average molecular weight is 296 g/mol. The van der Waals surface area contributed by atoms with Gasteiger partial charge in [0.15, 0.2) is 0 Å². The largest absolute Gasteiger partial charge is 0.312 e. The molecule has 1 aliphatic heterocycles. The summed E-state index contributed by atoms with van der Waals surface area (Å²) in [5, 5.41) is 3.27. The van der Waals surface area contributed by atoms with Gasteiger partial charge in [-0.05, 0) is 42.5 Å². The van der Waals surface area contributed by atoms with Gasteiger partial charge in [-0.2, -0.15) is 0 Å². The van der Waals surface area contributed by atoms with E-state index in [1.54, 1.807) is 6.07 Å². The molecule has 112 valence electrons. The molecule has 0 bridgehead atoms. The van der Waals surface area contributed by atoms with Crippen molar-refractivity contribution in [2.75, 3.05) is 6.54 Å². The van der Waals surface area contributed by atoms with E-state index in [0.29, 0.717) is 4.90 Å². The summed E-state index contributed by atoms with van der Waals surface area (Å²) < 4.78 is 28.2. The Morgan fingerprint density at radius 3 is 2.75 bits per heavy atom. The molecule has 0 fully saturated rings. The van der Waals surface area contributed by atoms with Gasteiger partial charge in [-0.15, -0.1) is 0 Å². The van der Waals surface area contributed by atoms with Gasteiger partial charge in [-0.3, -0.25) is 0 Å². The van der Waals surface area contributed by atoms with Crippen LogP contribution in [0, 0.1) is 5.92 Å². The lowest BCUT2D eigenvalue weighted by molar-refractivity contribution is 0.437. The molecule has 0 amide bonds. The number of rotatable bonds is 5. The molecule has 1 atom stereocenters. The van der Waals surface area contributed by atoms with Crippen LogP contribution >= 0.6 is 0 Å². The maximum absolute atomic E-state index is 12.6. The van der Waals surface area contributed by atoms with E-state index < -0.39 is 10.0 Å². The Bertz CT molecular complexity index is 567. The van der Waals surface area contributed by atoms with E-state index in [-0.39, 0.29) is 12.0 Å². The monoisotopic (exact) mass is 296 g/mol. The second-order valence-corrected chi connectivity index (χ2v) is 7.38. The summed E-state index contributed by atoms with van der Waals surface area (Å²) in [6.45, 7) is 7.68. The van der Waals surface area contributed by atoms with Gasteiger partial charge in [-0.25, -0.2) is 13.1 Å². The van der Waals surface area contributed by atoms with Crippen LogP contribution in [0.2, 0.25) is 0 Å². The zero-order valence-electron chi connectivity index (χ0n) is 12.4. The van der Waals surface area contributed by atoms with E-state index in [9.17, 15) is 8.42 Å². The molecular formula is C15H24N2O2S. The fourth-order valence-electron chi connectivity index (χ4n) is 2.70. The molecule has 1 unspecified atom stereocenters. The Hall–Kier alpha value is -0.910. The first-order chi connectivity index (χ1) is 9.45. The van der Waals surface area contributed by atoms with Crippen LogP contribution in [0.1, 0.15) is 38.3 Å². The van der Waals surface area contributed by atoms with Crippen molar-refractivity contribution in [1.82, 2.24) is 10.0 Å². The molecule has 0 radical (unpaired) electrons. The molecule has 0 aliphatic carbocycles. The highest BCUT2D eigenvalue weighted by Gasteiger charge is 2.25. The zero-order valence-corrected chi connectivity index (χ0v) is 13.3. The first-order valence-electron chi connectivity index (χ1n) is 7.29. The van der Waals surface area contributed by atoms with E-state index in [1.165, 1.54) is 0 Å². The van der Waals surface area contributed by atoms with E-state index in [1.807, 2.05) is 32.9 Å². The molecule has 2 rings (SSSR count). The van der Waals surface area contributed by atoms with Crippen molar-refractivity contribution in [3.8, 4) is 0 Å². The summed E-state index contributed by atoms with van der Waals surface area (Å²) in [4.78, 5) is 0.454. The van der Waals surface area contributed by atoms with Crippen molar-refractivity contribution in [3.63, 3.8) is 0 Å². The van der Waals surface area contributed by atoms with Crippen molar-refractivity contribution in [2.24, 2.45) is 5.92 Å². The maximum atomic E-state index is 12.6. The number of hydrogen-bond donors (Lipinski definition) is 2. The van der Waals surface area contributed by atoms with Crippen LogP contribution in [0.3, 0.4) is 0 Å². The van der Waals surface area contributed by atoms with Crippen molar-refractivity contribution < 1.29 is 8.42 Å². The molecule has 2 N–H and O–H groups in total. The van der Waals surface area contributed by atoms with Crippen LogP contribution in [-0.2, 0) is 23.0 Å². The van der Waals surface area contributed by atoms with Gasteiger partial charge in [0.25, 0.3) is 0 Å². The van der Waals surface area contributed by atoms with E-state index in [2.05, 4.69) is 10.0 Å². The standard InChI is InChI=1S/C15H24N2O2S/c1-4-14(11(2)3)17-20(18,19)15-7-5-6-12-10-16-9-8-13(12)15/h5-7,11,14,16-17H,4,8-10H2,1-3H3. The van der Waals surface area contributed by atoms with Crippen LogP contribution in [0.15, 0.2) is 23.1 Å². The lowest BCUT2D eigenvalue weighted by Crippen LogP contribution is -2.39. The van der Waals surface area contributed by atoms with Crippen molar-refractivity contribution in [2.45, 2.75) is 51.1 Å². The summed E-state index contributed by atoms with van der Waals surface area (Å²) >= 11 is 0. The van der Waals surface area contributed by atoms with Crippen LogP contribution in [0.25, 0.3) is 0 Å². The Labute approximate surface area is 122 Å². The van der Waals surface area contributed by atoms with Crippen LogP contribution in [0.4, 0.5) is 0 Å². The second-order valence-electron chi connectivity index (χ2n) is 5.70. The molecule has 5 heteroatoms.